The molecule has 1 amide bonds. The van der Waals surface area contributed by atoms with Gasteiger partial charge in [0.15, 0.2) is 0 Å². The maximum Gasteiger partial charge on any atom is 0.273 e. The van der Waals surface area contributed by atoms with E-state index < -0.39 is 0 Å². The lowest BCUT2D eigenvalue weighted by atomic mass is 10.1. The average molecular weight is 409 g/mol. The van der Waals surface area contributed by atoms with Crippen LogP contribution in [0.25, 0.3) is 10.9 Å². The number of anilines is 1. The molecule has 0 saturated heterocycles. The molecule has 0 spiro atoms. The number of hydrogen-bond donors (Lipinski definition) is 2. The lowest BCUT2D eigenvalue weighted by Gasteiger charge is -2.05. The van der Waals surface area contributed by atoms with Crippen LogP contribution < -0.4 is 10.1 Å². The smallest absolute Gasteiger partial charge is 0.273 e. The third-order valence-corrected chi connectivity index (χ3v) is 4.91. The minimum Gasteiger partial charge on any atom is -0.497 e. The zero-order valence-corrected chi connectivity index (χ0v) is 17.1. The van der Waals surface area contributed by atoms with Gasteiger partial charge in [-0.05, 0) is 49.2 Å². The predicted molar refractivity (Wildman–Crippen MR) is 118 cm³/mol. The van der Waals surface area contributed by atoms with Crippen LogP contribution in [-0.2, 0) is 6.54 Å². The molecule has 0 aliphatic heterocycles. The Morgan fingerprint density at radius 1 is 1.23 bits per heavy atom. The number of fused-ring (bicyclic) bond motifs is 1. The number of aromatic nitrogens is 3. The number of nitriles is 1. The highest BCUT2D eigenvalue weighted by Crippen LogP contribution is 2.29. The van der Waals surface area contributed by atoms with Crippen LogP contribution in [-0.4, -0.2) is 27.6 Å². The number of ether oxygens (including phenoxy) is 1. The van der Waals surface area contributed by atoms with Gasteiger partial charge in [0.05, 0.1) is 30.7 Å². The van der Waals surface area contributed by atoms with Crippen LogP contribution >= 0.6 is 0 Å². The molecule has 0 aliphatic carbocycles. The molecule has 0 aliphatic rings. The lowest BCUT2D eigenvalue weighted by molar-refractivity contribution is 0.102. The molecule has 2 aromatic heterocycles. The summed E-state index contributed by atoms with van der Waals surface area (Å²) in [6.07, 6.45) is 2.92. The number of nitrogens with zero attached hydrogens (tertiary/aromatic N) is 3. The Labute approximate surface area is 179 Å². The standard InChI is InChI=1S/C24H19N5O2/c1-3-29-22(20(13-25)19-10-9-18(31-2)12-23(19)29)11-6-16-4-7-17(8-5-16)28-24(30)21-14-26-15-27-21/h4-5,7-10,12,14-15H,3H2,1-2H3,(H,26,27)(H,28,30). The lowest BCUT2D eigenvalue weighted by Crippen LogP contribution is -2.12. The molecule has 0 radical (unpaired) electrons. The highest BCUT2D eigenvalue weighted by molar-refractivity contribution is 6.02. The summed E-state index contributed by atoms with van der Waals surface area (Å²) in [5.41, 5.74) is 3.95. The maximum atomic E-state index is 12.1. The molecule has 2 aromatic carbocycles. The van der Waals surface area contributed by atoms with E-state index in [1.54, 1.807) is 19.2 Å². The fraction of sp³-hybridized carbons (Fsp3) is 0.125. The van der Waals surface area contributed by atoms with E-state index in [0.29, 0.717) is 29.2 Å². The number of carbonyl (C=O) groups is 1. The van der Waals surface area contributed by atoms with Gasteiger partial charge in [0, 0.05) is 29.2 Å². The van der Waals surface area contributed by atoms with Crippen LogP contribution in [0.4, 0.5) is 5.69 Å². The maximum absolute atomic E-state index is 12.1. The van der Waals surface area contributed by atoms with Gasteiger partial charge in [-0.2, -0.15) is 5.26 Å². The summed E-state index contributed by atoms with van der Waals surface area (Å²) in [6.45, 7) is 2.69. The van der Waals surface area contributed by atoms with Crippen molar-refractivity contribution in [2.45, 2.75) is 13.5 Å². The molecule has 0 bridgehead atoms. The van der Waals surface area contributed by atoms with E-state index in [9.17, 15) is 10.1 Å². The summed E-state index contributed by atoms with van der Waals surface area (Å²) in [5.74, 6) is 6.75. The number of H-pyrrole nitrogens is 1. The Hall–Kier alpha value is -4.49. The van der Waals surface area contributed by atoms with Gasteiger partial charge >= 0.3 is 0 Å². The minimum atomic E-state index is -0.266. The van der Waals surface area contributed by atoms with Gasteiger partial charge in [-0.3, -0.25) is 4.79 Å². The second-order valence-corrected chi connectivity index (χ2v) is 6.71. The van der Waals surface area contributed by atoms with Gasteiger partial charge in [0.1, 0.15) is 23.2 Å². The molecule has 4 rings (SSSR count). The molecule has 31 heavy (non-hydrogen) atoms. The van der Waals surface area contributed by atoms with Crippen LogP contribution in [0.5, 0.6) is 5.75 Å². The molecule has 7 nitrogen and oxygen atoms in total. The van der Waals surface area contributed by atoms with Crippen molar-refractivity contribution in [2.75, 3.05) is 12.4 Å². The molecular weight excluding hydrogens is 390 g/mol. The topological polar surface area (TPSA) is 95.7 Å². The molecule has 4 aromatic rings. The first kappa shape index (κ1) is 19.8. The third-order valence-electron chi connectivity index (χ3n) is 4.91. The van der Waals surface area contributed by atoms with Crippen molar-refractivity contribution in [3.63, 3.8) is 0 Å². The highest BCUT2D eigenvalue weighted by atomic mass is 16.5. The Balaban J connectivity index is 1.64. The van der Waals surface area contributed by atoms with Gasteiger partial charge in [0.2, 0.25) is 0 Å². The van der Waals surface area contributed by atoms with E-state index in [0.717, 1.165) is 22.2 Å². The van der Waals surface area contributed by atoms with Crippen LogP contribution in [0, 0.1) is 23.2 Å². The second-order valence-electron chi connectivity index (χ2n) is 6.71. The van der Waals surface area contributed by atoms with Crippen molar-refractivity contribution < 1.29 is 9.53 Å². The summed E-state index contributed by atoms with van der Waals surface area (Å²) < 4.78 is 7.34. The van der Waals surface area contributed by atoms with Gasteiger partial charge in [-0.15, -0.1) is 0 Å². The van der Waals surface area contributed by atoms with Crippen LogP contribution in [0.3, 0.4) is 0 Å². The first-order valence-electron chi connectivity index (χ1n) is 9.66. The Morgan fingerprint density at radius 2 is 2.03 bits per heavy atom. The van der Waals surface area contributed by atoms with Crippen molar-refractivity contribution in [2.24, 2.45) is 0 Å². The van der Waals surface area contributed by atoms with Gasteiger partial charge in [-0.1, -0.05) is 5.92 Å². The van der Waals surface area contributed by atoms with Crippen LogP contribution in [0.1, 0.15) is 34.2 Å². The molecule has 0 unspecified atom stereocenters. The number of methoxy groups -OCH3 is 1. The van der Waals surface area contributed by atoms with Gasteiger partial charge < -0.3 is 19.6 Å². The van der Waals surface area contributed by atoms with Gasteiger partial charge in [-0.25, -0.2) is 4.98 Å². The molecular formula is C24H19N5O2. The van der Waals surface area contributed by atoms with Crippen molar-refractivity contribution in [3.8, 4) is 23.7 Å². The van der Waals surface area contributed by atoms with E-state index >= 15 is 0 Å². The molecule has 0 saturated carbocycles. The van der Waals surface area contributed by atoms with Gasteiger partial charge in [0.25, 0.3) is 5.91 Å². The molecule has 0 atom stereocenters. The Morgan fingerprint density at radius 3 is 2.68 bits per heavy atom. The number of carbonyl (C=O) groups excluding carboxylic acids is 1. The van der Waals surface area contributed by atoms with E-state index in [-0.39, 0.29) is 5.91 Å². The zero-order chi connectivity index (χ0) is 21.8. The summed E-state index contributed by atoms with van der Waals surface area (Å²) >= 11 is 0. The number of aryl methyl sites for hydroxylation is 1. The first-order valence-corrected chi connectivity index (χ1v) is 9.66. The van der Waals surface area contributed by atoms with Crippen molar-refractivity contribution in [1.29, 1.82) is 5.26 Å². The zero-order valence-electron chi connectivity index (χ0n) is 17.1. The van der Waals surface area contributed by atoms with Crippen molar-refractivity contribution in [3.05, 3.63) is 77.5 Å². The number of hydrogen-bond acceptors (Lipinski definition) is 4. The summed E-state index contributed by atoms with van der Waals surface area (Å²) in [6, 6.07) is 15.2. The summed E-state index contributed by atoms with van der Waals surface area (Å²) in [4.78, 5) is 18.7. The number of amides is 1. The molecule has 2 heterocycles. The fourth-order valence-corrected chi connectivity index (χ4v) is 3.37. The minimum absolute atomic E-state index is 0.266. The monoisotopic (exact) mass is 409 g/mol. The molecule has 7 heteroatoms. The normalized spacial score (nSPS) is 10.2. The number of aromatic amines is 1. The summed E-state index contributed by atoms with van der Waals surface area (Å²) in [7, 11) is 1.62. The molecule has 2 N–H and O–H groups in total. The Kier molecular flexibility index (Phi) is 5.42. The fourth-order valence-electron chi connectivity index (χ4n) is 3.37. The summed E-state index contributed by atoms with van der Waals surface area (Å²) in [5, 5.41) is 13.4. The van der Waals surface area contributed by atoms with Crippen molar-refractivity contribution in [1.82, 2.24) is 14.5 Å². The van der Waals surface area contributed by atoms with E-state index in [4.69, 9.17) is 4.74 Å². The Bertz CT molecular complexity index is 1350. The number of imidazole rings is 1. The first-order chi connectivity index (χ1) is 15.1. The third kappa shape index (κ3) is 3.85. The number of nitrogens with one attached hydrogen (secondary N) is 2. The molecule has 152 valence electrons. The quantitative estimate of drug-likeness (QED) is 0.500. The predicted octanol–water partition coefficient (Wildman–Crippen LogP) is 3.92. The van der Waals surface area contributed by atoms with E-state index in [1.807, 2.05) is 41.8 Å². The number of benzene rings is 2. The SMILES string of the molecule is CCn1c(C#Cc2ccc(NC(=O)c3cnc[nH]3)cc2)c(C#N)c2ccc(OC)cc21. The molecule has 0 fully saturated rings. The van der Waals surface area contributed by atoms with E-state index in [1.165, 1.54) is 12.5 Å². The average Bonchev–Trinajstić information content (AvgIpc) is 3.44. The van der Waals surface area contributed by atoms with Crippen molar-refractivity contribution >= 4 is 22.5 Å². The second kappa shape index (κ2) is 8.48. The van der Waals surface area contributed by atoms with Crippen LogP contribution in [0.2, 0.25) is 0 Å². The van der Waals surface area contributed by atoms with E-state index in [2.05, 4.69) is 33.2 Å². The largest absolute Gasteiger partial charge is 0.497 e. The van der Waals surface area contributed by atoms with Crippen LogP contribution in [0.15, 0.2) is 55.0 Å². The highest BCUT2D eigenvalue weighted by Gasteiger charge is 2.15. The number of rotatable bonds is 4.